The van der Waals surface area contributed by atoms with Crippen molar-refractivity contribution < 1.29 is 4.79 Å². The molecule has 4 heterocycles. The van der Waals surface area contributed by atoms with Crippen LogP contribution in [0.4, 0.5) is 5.95 Å². The van der Waals surface area contributed by atoms with E-state index < -0.39 is 0 Å². The molecule has 1 amide bonds. The van der Waals surface area contributed by atoms with Crippen molar-refractivity contribution in [3.8, 4) is 0 Å². The van der Waals surface area contributed by atoms with Gasteiger partial charge in [0.2, 0.25) is 5.95 Å². The number of carbonyl (C=O) groups excluding carboxylic acids is 1. The van der Waals surface area contributed by atoms with Gasteiger partial charge in [-0.15, -0.1) is 0 Å². The van der Waals surface area contributed by atoms with Crippen LogP contribution in [0.25, 0.3) is 0 Å². The van der Waals surface area contributed by atoms with Crippen LogP contribution in [0.5, 0.6) is 0 Å². The maximum atomic E-state index is 13.5. The number of fused-ring (bicyclic) bond motifs is 2. The van der Waals surface area contributed by atoms with E-state index in [9.17, 15) is 4.79 Å². The number of piperidine rings is 1. The topological polar surface area (TPSA) is 67.2 Å². The van der Waals surface area contributed by atoms with Gasteiger partial charge in [0.05, 0.1) is 5.69 Å². The van der Waals surface area contributed by atoms with Gasteiger partial charge < -0.3 is 9.80 Å². The summed E-state index contributed by atoms with van der Waals surface area (Å²) in [5, 5.41) is 5.03. The van der Waals surface area contributed by atoms with E-state index >= 15 is 0 Å². The van der Waals surface area contributed by atoms with Gasteiger partial charge in [-0.3, -0.25) is 9.48 Å². The molecule has 1 spiro atoms. The van der Waals surface area contributed by atoms with E-state index in [0.717, 1.165) is 43.0 Å². The number of amides is 1. The Bertz CT molecular complexity index is 1110. The van der Waals surface area contributed by atoms with Crippen LogP contribution < -0.4 is 4.90 Å². The summed E-state index contributed by atoms with van der Waals surface area (Å²) in [6, 6.07) is 10.0. The van der Waals surface area contributed by atoms with Crippen LogP contribution in [0.3, 0.4) is 0 Å². The monoisotopic (exact) mass is 430 g/mol. The van der Waals surface area contributed by atoms with Crippen LogP contribution in [0, 0.1) is 6.92 Å². The Morgan fingerprint density at radius 2 is 1.84 bits per heavy atom. The highest BCUT2D eigenvalue weighted by atomic mass is 16.2. The smallest absolute Gasteiger partial charge is 0.254 e. The molecule has 1 aromatic carbocycles. The second kappa shape index (κ2) is 8.04. The van der Waals surface area contributed by atoms with Crippen molar-refractivity contribution in [2.75, 3.05) is 24.5 Å². The van der Waals surface area contributed by atoms with E-state index in [4.69, 9.17) is 5.10 Å². The van der Waals surface area contributed by atoms with Crippen LogP contribution in [-0.4, -0.2) is 50.2 Å². The van der Waals surface area contributed by atoms with Crippen molar-refractivity contribution in [1.82, 2.24) is 24.6 Å². The van der Waals surface area contributed by atoms with Gasteiger partial charge in [-0.2, -0.15) is 5.10 Å². The summed E-state index contributed by atoms with van der Waals surface area (Å²) in [6.45, 7) is 9.34. The van der Waals surface area contributed by atoms with Crippen LogP contribution in [0.15, 0.2) is 48.9 Å². The predicted molar refractivity (Wildman–Crippen MR) is 124 cm³/mol. The van der Waals surface area contributed by atoms with Crippen molar-refractivity contribution in [2.45, 2.75) is 51.6 Å². The lowest BCUT2D eigenvalue weighted by atomic mass is 9.72. The first-order valence-electron chi connectivity index (χ1n) is 11.4. The molecule has 7 heteroatoms. The first-order valence-corrected chi connectivity index (χ1v) is 11.4. The summed E-state index contributed by atoms with van der Waals surface area (Å²) in [6.07, 6.45) is 7.57. The normalized spacial score (nSPS) is 17.6. The zero-order valence-electron chi connectivity index (χ0n) is 19.0. The molecule has 2 aliphatic heterocycles. The van der Waals surface area contributed by atoms with Crippen LogP contribution in [0.1, 0.15) is 59.9 Å². The van der Waals surface area contributed by atoms with E-state index in [1.807, 2.05) is 42.2 Å². The fourth-order valence-corrected chi connectivity index (χ4v) is 5.05. The van der Waals surface area contributed by atoms with Crippen molar-refractivity contribution >= 4 is 11.9 Å². The quantitative estimate of drug-likeness (QED) is 0.633. The number of nitrogens with zero attached hydrogens (tertiary/aromatic N) is 6. The largest absolute Gasteiger partial charge is 0.341 e. The number of anilines is 1. The second-order valence-electron chi connectivity index (χ2n) is 9.42. The highest BCUT2D eigenvalue weighted by Crippen LogP contribution is 2.42. The Balaban J connectivity index is 1.46. The average Bonchev–Trinajstić information content (AvgIpc) is 3.25. The van der Waals surface area contributed by atoms with E-state index in [1.165, 1.54) is 11.3 Å². The molecule has 0 saturated carbocycles. The molecular weight excluding hydrogens is 400 g/mol. The van der Waals surface area contributed by atoms with Crippen molar-refractivity contribution in [3.05, 3.63) is 71.3 Å². The van der Waals surface area contributed by atoms with Gasteiger partial charge in [0, 0.05) is 67.4 Å². The van der Waals surface area contributed by atoms with E-state index in [1.54, 1.807) is 12.4 Å². The molecule has 0 N–H and O–H groups in total. The van der Waals surface area contributed by atoms with Gasteiger partial charge in [-0.05, 0) is 51.8 Å². The Morgan fingerprint density at radius 3 is 2.53 bits per heavy atom. The zero-order valence-corrected chi connectivity index (χ0v) is 19.0. The fourth-order valence-electron chi connectivity index (χ4n) is 5.05. The summed E-state index contributed by atoms with van der Waals surface area (Å²) in [5.41, 5.74) is 4.07. The van der Waals surface area contributed by atoms with Crippen LogP contribution in [-0.2, 0) is 12.0 Å². The summed E-state index contributed by atoms with van der Waals surface area (Å²) in [7, 11) is 0. The summed E-state index contributed by atoms with van der Waals surface area (Å²) in [4.78, 5) is 26.6. The molecule has 1 saturated heterocycles. The molecule has 5 rings (SSSR count). The number of carbonyl (C=O) groups is 1. The first kappa shape index (κ1) is 20.7. The maximum Gasteiger partial charge on any atom is 0.254 e. The van der Waals surface area contributed by atoms with E-state index in [0.29, 0.717) is 13.1 Å². The first-order chi connectivity index (χ1) is 15.4. The predicted octanol–water partition coefficient (Wildman–Crippen LogP) is 3.76. The SMILES string of the molecule is Cc1cccc(C(=O)N2Cc3cn(C(C)C)nc3C3(CCN(c4ncccn4)CC3)C2)c1. The number of aromatic nitrogens is 4. The minimum Gasteiger partial charge on any atom is -0.341 e. The van der Waals surface area contributed by atoms with Gasteiger partial charge in [0.15, 0.2) is 0 Å². The molecule has 2 aliphatic rings. The third-order valence-electron chi connectivity index (χ3n) is 6.80. The third-order valence-corrected chi connectivity index (χ3v) is 6.80. The van der Waals surface area contributed by atoms with Crippen LogP contribution >= 0.6 is 0 Å². The molecule has 1 fully saturated rings. The Hall–Kier alpha value is -3.22. The Kier molecular flexibility index (Phi) is 5.19. The highest BCUT2D eigenvalue weighted by molar-refractivity contribution is 5.94. The molecule has 0 bridgehead atoms. The summed E-state index contributed by atoms with van der Waals surface area (Å²) >= 11 is 0. The summed E-state index contributed by atoms with van der Waals surface area (Å²) < 4.78 is 2.06. The van der Waals surface area contributed by atoms with Crippen molar-refractivity contribution in [2.24, 2.45) is 0 Å². The standard InChI is InChI=1S/C25H30N6O/c1-18(2)31-16-21-15-30(23(32)20-7-4-6-19(3)14-20)17-25(22(21)28-31)8-12-29(13-9-25)24-26-10-5-11-27-24/h4-7,10-11,14,16,18H,8-9,12-13,15,17H2,1-3H3. The number of hydrogen-bond donors (Lipinski definition) is 0. The lowest BCUT2D eigenvalue weighted by molar-refractivity contribution is 0.0643. The molecule has 3 aromatic rings. The fraction of sp³-hybridized carbons (Fsp3) is 0.440. The molecule has 0 unspecified atom stereocenters. The summed E-state index contributed by atoms with van der Waals surface area (Å²) in [5.74, 6) is 0.878. The van der Waals surface area contributed by atoms with Gasteiger partial charge in [0.25, 0.3) is 5.91 Å². The minimum atomic E-state index is -0.140. The van der Waals surface area contributed by atoms with Crippen molar-refractivity contribution in [3.63, 3.8) is 0 Å². The Labute approximate surface area is 189 Å². The van der Waals surface area contributed by atoms with Gasteiger partial charge in [0.1, 0.15) is 0 Å². The number of hydrogen-bond acceptors (Lipinski definition) is 5. The lowest BCUT2D eigenvalue weighted by Crippen LogP contribution is -2.53. The van der Waals surface area contributed by atoms with Crippen molar-refractivity contribution in [1.29, 1.82) is 0 Å². The highest BCUT2D eigenvalue weighted by Gasteiger charge is 2.46. The van der Waals surface area contributed by atoms with E-state index in [2.05, 4.69) is 39.6 Å². The molecule has 32 heavy (non-hydrogen) atoms. The molecule has 2 aromatic heterocycles. The molecule has 0 atom stereocenters. The van der Waals surface area contributed by atoms with Gasteiger partial charge in [-0.1, -0.05) is 17.7 Å². The van der Waals surface area contributed by atoms with E-state index in [-0.39, 0.29) is 17.4 Å². The molecule has 166 valence electrons. The maximum absolute atomic E-state index is 13.5. The number of aryl methyl sites for hydroxylation is 1. The minimum absolute atomic E-state index is 0.102. The third kappa shape index (κ3) is 3.66. The number of benzene rings is 1. The Morgan fingerprint density at radius 1 is 1.09 bits per heavy atom. The molecule has 0 radical (unpaired) electrons. The second-order valence-corrected chi connectivity index (χ2v) is 9.42. The van der Waals surface area contributed by atoms with Gasteiger partial charge in [-0.25, -0.2) is 9.97 Å². The van der Waals surface area contributed by atoms with Gasteiger partial charge >= 0.3 is 0 Å². The zero-order chi connectivity index (χ0) is 22.3. The average molecular weight is 431 g/mol. The molecular formula is C25H30N6O. The molecule has 7 nitrogen and oxygen atoms in total. The lowest BCUT2D eigenvalue weighted by Gasteiger charge is -2.46. The molecule has 0 aliphatic carbocycles. The van der Waals surface area contributed by atoms with Crippen LogP contribution in [0.2, 0.25) is 0 Å². The number of rotatable bonds is 3.